The Kier molecular flexibility index (Phi) is 7.06. The Bertz CT molecular complexity index is 85.9. The molecule has 0 amide bonds. The second-order valence-electron chi connectivity index (χ2n) is 2.07. The minimum atomic E-state index is -2.37. The summed E-state index contributed by atoms with van der Waals surface area (Å²) in [5.74, 6) is 0. The van der Waals surface area contributed by atoms with E-state index in [0.29, 0.717) is 11.9 Å². The average molecular weight is 234 g/mol. The van der Waals surface area contributed by atoms with Crippen molar-refractivity contribution in [1.29, 1.82) is 0 Å². The lowest BCUT2D eigenvalue weighted by molar-refractivity contribution is 0.0884. The third-order valence-corrected chi connectivity index (χ3v) is 1.55. The number of hydrogen-bond acceptors (Lipinski definition) is 1. The summed E-state index contributed by atoms with van der Waals surface area (Å²) >= 11 is 3.10. The van der Waals surface area contributed by atoms with Crippen LogP contribution >= 0.6 is 15.9 Å². The number of alkyl halides is 4. The zero-order chi connectivity index (χ0) is 8.69. The molecule has 0 aromatic carbocycles. The first-order valence-corrected chi connectivity index (χ1v) is 4.45. The number of nitrogens with zero attached hydrogens (tertiary/aromatic N) is 1. The second-order valence-corrected chi connectivity index (χ2v) is 2.86. The lowest BCUT2D eigenvalue weighted by Gasteiger charge is -2.18. The first kappa shape index (κ1) is 11.2. The van der Waals surface area contributed by atoms with Crippen molar-refractivity contribution in [2.24, 2.45) is 0 Å². The molecule has 0 saturated heterocycles. The van der Waals surface area contributed by atoms with Gasteiger partial charge in [0.25, 0.3) is 6.43 Å². The SMILES string of the molecule is FCCN(CCBr)CC(F)F. The van der Waals surface area contributed by atoms with Gasteiger partial charge in [-0.15, -0.1) is 0 Å². The van der Waals surface area contributed by atoms with Crippen LogP contribution in [0.15, 0.2) is 0 Å². The Balaban J connectivity index is 3.50. The summed E-state index contributed by atoms with van der Waals surface area (Å²) in [5.41, 5.74) is 0. The maximum atomic E-state index is 11.8. The maximum absolute atomic E-state index is 11.8. The summed E-state index contributed by atoms with van der Waals surface area (Å²) < 4.78 is 35.2. The summed E-state index contributed by atoms with van der Waals surface area (Å²) in [5, 5.41) is 0.597. The molecule has 0 fully saturated rings. The van der Waals surface area contributed by atoms with Gasteiger partial charge in [-0.2, -0.15) is 0 Å². The molecular weight excluding hydrogens is 223 g/mol. The number of rotatable bonds is 6. The summed E-state index contributed by atoms with van der Waals surface area (Å²) in [6, 6.07) is 0. The first-order valence-electron chi connectivity index (χ1n) is 3.33. The van der Waals surface area contributed by atoms with Crippen LogP contribution in [0.4, 0.5) is 13.2 Å². The topological polar surface area (TPSA) is 3.24 Å². The first-order chi connectivity index (χ1) is 5.20. The standard InChI is InChI=1S/C6H11BrF3N/c7-1-3-11(4-2-8)5-6(9)10/h6H,1-5H2. The smallest absolute Gasteiger partial charge is 0.251 e. The van der Waals surface area contributed by atoms with Crippen molar-refractivity contribution in [3.63, 3.8) is 0 Å². The van der Waals surface area contributed by atoms with Crippen LogP contribution in [-0.2, 0) is 0 Å². The lowest BCUT2D eigenvalue weighted by atomic mass is 10.5. The van der Waals surface area contributed by atoms with Crippen LogP contribution in [0.25, 0.3) is 0 Å². The summed E-state index contributed by atoms with van der Waals surface area (Å²) in [6.45, 7) is -0.348. The van der Waals surface area contributed by atoms with Crippen LogP contribution in [-0.4, -0.2) is 43.0 Å². The molecule has 0 unspecified atom stereocenters. The van der Waals surface area contributed by atoms with Crippen molar-refractivity contribution >= 4 is 15.9 Å². The predicted octanol–water partition coefficient (Wildman–Crippen LogP) is 1.92. The van der Waals surface area contributed by atoms with Gasteiger partial charge in [-0.3, -0.25) is 4.90 Å². The van der Waals surface area contributed by atoms with Gasteiger partial charge in [-0.05, 0) is 0 Å². The molecule has 0 saturated carbocycles. The molecule has 5 heteroatoms. The fourth-order valence-corrected chi connectivity index (χ4v) is 1.23. The summed E-state index contributed by atoms with van der Waals surface area (Å²) in [7, 11) is 0. The van der Waals surface area contributed by atoms with Crippen LogP contribution in [0.5, 0.6) is 0 Å². The number of hydrogen-bond donors (Lipinski definition) is 0. The van der Waals surface area contributed by atoms with Gasteiger partial charge < -0.3 is 0 Å². The highest BCUT2D eigenvalue weighted by atomic mass is 79.9. The van der Waals surface area contributed by atoms with Gasteiger partial charge in [0, 0.05) is 18.4 Å². The molecular formula is C6H11BrF3N. The van der Waals surface area contributed by atoms with Crippen LogP contribution in [0.3, 0.4) is 0 Å². The minimum Gasteiger partial charge on any atom is -0.294 e. The van der Waals surface area contributed by atoms with Gasteiger partial charge in [0.1, 0.15) is 6.67 Å². The molecule has 68 valence electrons. The average Bonchev–Trinajstić information content (AvgIpc) is 1.87. The molecule has 0 radical (unpaired) electrons. The quantitative estimate of drug-likeness (QED) is 0.634. The van der Waals surface area contributed by atoms with E-state index in [1.807, 2.05) is 0 Å². The molecule has 0 rings (SSSR count). The van der Waals surface area contributed by atoms with E-state index in [-0.39, 0.29) is 13.1 Å². The Hall–Kier alpha value is 0.230. The van der Waals surface area contributed by atoms with Crippen molar-refractivity contribution in [1.82, 2.24) is 4.90 Å². The second kappa shape index (κ2) is 6.91. The highest BCUT2D eigenvalue weighted by Gasteiger charge is 2.10. The van der Waals surface area contributed by atoms with E-state index in [2.05, 4.69) is 15.9 Å². The van der Waals surface area contributed by atoms with Crippen molar-refractivity contribution in [3.05, 3.63) is 0 Å². The predicted molar refractivity (Wildman–Crippen MR) is 42.2 cm³/mol. The molecule has 0 spiro atoms. The van der Waals surface area contributed by atoms with E-state index in [0.717, 1.165) is 0 Å². The Morgan fingerprint density at radius 3 is 2.27 bits per heavy atom. The molecule has 0 aliphatic carbocycles. The highest BCUT2D eigenvalue weighted by molar-refractivity contribution is 9.09. The van der Waals surface area contributed by atoms with Gasteiger partial charge in [-0.1, -0.05) is 15.9 Å². The van der Waals surface area contributed by atoms with E-state index >= 15 is 0 Å². The van der Waals surface area contributed by atoms with E-state index < -0.39 is 13.1 Å². The van der Waals surface area contributed by atoms with Gasteiger partial charge in [0.05, 0.1) is 6.54 Å². The van der Waals surface area contributed by atoms with Crippen LogP contribution in [0.1, 0.15) is 0 Å². The third kappa shape index (κ3) is 6.62. The molecule has 0 aromatic rings. The monoisotopic (exact) mass is 233 g/mol. The van der Waals surface area contributed by atoms with Crippen LogP contribution in [0, 0.1) is 0 Å². The van der Waals surface area contributed by atoms with Crippen molar-refractivity contribution in [3.8, 4) is 0 Å². The minimum absolute atomic E-state index is 0.0932. The van der Waals surface area contributed by atoms with Crippen molar-refractivity contribution in [2.75, 3.05) is 31.6 Å². The van der Waals surface area contributed by atoms with Crippen molar-refractivity contribution in [2.45, 2.75) is 6.43 Å². The van der Waals surface area contributed by atoms with E-state index in [9.17, 15) is 13.2 Å². The fourth-order valence-electron chi connectivity index (χ4n) is 0.729. The summed E-state index contributed by atoms with van der Waals surface area (Å²) in [4.78, 5) is 1.39. The van der Waals surface area contributed by atoms with E-state index in [4.69, 9.17) is 0 Å². The zero-order valence-electron chi connectivity index (χ0n) is 6.07. The van der Waals surface area contributed by atoms with Crippen LogP contribution in [0.2, 0.25) is 0 Å². The number of halogens is 4. The molecule has 11 heavy (non-hydrogen) atoms. The Morgan fingerprint density at radius 2 is 1.91 bits per heavy atom. The van der Waals surface area contributed by atoms with Crippen LogP contribution < -0.4 is 0 Å². The molecule has 0 N–H and O–H groups in total. The molecule has 0 aliphatic heterocycles. The normalized spacial score (nSPS) is 11.5. The van der Waals surface area contributed by atoms with Gasteiger partial charge in [0.2, 0.25) is 0 Å². The molecule has 0 bridgehead atoms. The zero-order valence-corrected chi connectivity index (χ0v) is 7.66. The Morgan fingerprint density at radius 1 is 1.27 bits per heavy atom. The molecule has 0 aliphatic rings. The highest BCUT2D eigenvalue weighted by Crippen LogP contribution is 1.98. The van der Waals surface area contributed by atoms with E-state index in [1.54, 1.807) is 0 Å². The molecule has 0 heterocycles. The van der Waals surface area contributed by atoms with E-state index in [1.165, 1.54) is 4.90 Å². The third-order valence-electron chi connectivity index (χ3n) is 1.20. The van der Waals surface area contributed by atoms with Crippen molar-refractivity contribution < 1.29 is 13.2 Å². The molecule has 0 atom stereocenters. The van der Waals surface area contributed by atoms with Gasteiger partial charge in [0.15, 0.2) is 0 Å². The van der Waals surface area contributed by atoms with Gasteiger partial charge in [-0.25, -0.2) is 13.2 Å². The Labute approximate surface area is 72.7 Å². The summed E-state index contributed by atoms with van der Waals surface area (Å²) in [6.07, 6.45) is -2.37. The molecule has 1 nitrogen and oxygen atoms in total. The lowest BCUT2D eigenvalue weighted by Crippen LogP contribution is -2.32. The largest absolute Gasteiger partial charge is 0.294 e. The van der Waals surface area contributed by atoms with Gasteiger partial charge >= 0.3 is 0 Å². The fraction of sp³-hybridized carbons (Fsp3) is 1.00. The maximum Gasteiger partial charge on any atom is 0.251 e. The molecule has 0 aromatic heterocycles.